The molecule has 0 aromatic heterocycles. The van der Waals surface area contributed by atoms with E-state index in [1.165, 1.54) is 295 Å². The minimum atomic E-state index is -4.97. The summed E-state index contributed by atoms with van der Waals surface area (Å²) in [5, 5.41) is 10.7. The number of aliphatic hydroxyl groups excluding tert-OH is 1. The lowest BCUT2D eigenvalue weighted by atomic mass is 10.0. The molecule has 0 heterocycles. The van der Waals surface area contributed by atoms with Gasteiger partial charge in [0.2, 0.25) is 0 Å². The van der Waals surface area contributed by atoms with E-state index in [1.807, 2.05) is 0 Å². The van der Waals surface area contributed by atoms with Crippen LogP contribution in [0.1, 0.15) is 471 Å². The summed E-state index contributed by atoms with van der Waals surface area (Å²) in [6, 6.07) is 0. The number of phosphoric ester groups is 2. The first-order valence-corrected chi connectivity index (χ1v) is 48.1. The molecule has 0 saturated heterocycles. The standard InChI is InChI=1S/C87H170O17P2/c1-6-9-12-15-18-21-24-26-28-29-30-31-35-38-42-46-51-56-61-66-71-85(90)98-77-83(104-87(92)73-68-63-58-53-48-43-39-36-33-32-34-37-40-45-49-54-59-64-69-80(4)5)79-102-106(95,96)100-75-81(88)74-99-105(93,94)101-78-82(76-97-84(89)70-65-60-55-50-44-23-20-17-14-11-8-3)103-86(91)72-67-62-57-52-47-41-27-25-22-19-16-13-10-7-2/h80-83,88H,6-79H2,1-5H3,(H,93,94)(H,95,96)/t81-,82+,83+/m0/s1. The Morgan fingerprint density at radius 1 is 0.255 bits per heavy atom. The summed E-state index contributed by atoms with van der Waals surface area (Å²) in [6.45, 7) is 7.40. The molecule has 0 aromatic rings. The molecule has 630 valence electrons. The van der Waals surface area contributed by atoms with Crippen LogP contribution < -0.4 is 0 Å². The van der Waals surface area contributed by atoms with Crippen LogP contribution in [0.4, 0.5) is 0 Å². The Labute approximate surface area is 651 Å². The van der Waals surface area contributed by atoms with Crippen molar-refractivity contribution in [2.75, 3.05) is 39.6 Å². The van der Waals surface area contributed by atoms with Gasteiger partial charge in [-0.2, -0.15) is 0 Å². The maximum absolute atomic E-state index is 13.2. The highest BCUT2D eigenvalue weighted by atomic mass is 31.2. The van der Waals surface area contributed by atoms with Crippen LogP contribution in [0.25, 0.3) is 0 Å². The van der Waals surface area contributed by atoms with E-state index in [1.54, 1.807) is 0 Å². The number of hydrogen-bond acceptors (Lipinski definition) is 15. The molecule has 0 spiro atoms. The van der Waals surface area contributed by atoms with Crippen LogP contribution in [0.2, 0.25) is 0 Å². The molecule has 0 amide bonds. The van der Waals surface area contributed by atoms with Gasteiger partial charge < -0.3 is 33.8 Å². The van der Waals surface area contributed by atoms with Crippen LogP contribution in [0.3, 0.4) is 0 Å². The molecule has 0 bridgehead atoms. The molecule has 0 aromatic carbocycles. The molecule has 3 N–H and O–H groups in total. The van der Waals surface area contributed by atoms with Gasteiger partial charge in [0.25, 0.3) is 0 Å². The first kappa shape index (κ1) is 104. The molecule has 19 heteroatoms. The molecular formula is C87H170O17P2. The van der Waals surface area contributed by atoms with E-state index >= 15 is 0 Å². The number of ether oxygens (including phenoxy) is 4. The molecule has 0 fully saturated rings. The minimum absolute atomic E-state index is 0.109. The molecule has 0 radical (unpaired) electrons. The summed E-state index contributed by atoms with van der Waals surface area (Å²) in [5.74, 6) is -1.28. The lowest BCUT2D eigenvalue weighted by molar-refractivity contribution is -0.161. The largest absolute Gasteiger partial charge is 0.472 e. The lowest BCUT2D eigenvalue weighted by Gasteiger charge is -2.21. The summed E-state index contributed by atoms with van der Waals surface area (Å²) in [5.41, 5.74) is 0. The van der Waals surface area contributed by atoms with E-state index in [0.29, 0.717) is 25.7 Å². The second-order valence-corrected chi connectivity index (χ2v) is 34.7. The van der Waals surface area contributed by atoms with Gasteiger partial charge in [-0.15, -0.1) is 0 Å². The van der Waals surface area contributed by atoms with Gasteiger partial charge >= 0.3 is 39.5 Å². The number of rotatable bonds is 87. The van der Waals surface area contributed by atoms with E-state index in [4.69, 9.17) is 37.0 Å². The van der Waals surface area contributed by atoms with Crippen LogP contribution in [0.15, 0.2) is 0 Å². The summed E-state index contributed by atoms with van der Waals surface area (Å²) in [7, 11) is -9.93. The minimum Gasteiger partial charge on any atom is -0.462 e. The molecule has 0 aliphatic rings. The monoisotopic (exact) mass is 1550 g/mol. The Bertz CT molecular complexity index is 2010. The SMILES string of the molecule is CCCCCCCCCCCCCCCCCCCCCCC(=O)OC[C@H](COP(=O)(O)OC[C@@H](O)COP(=O)(O)OC[C@@H](COC(=O)CCCCCCCCCCCCC)OC(=O)CCCCCCCCCCCCCCCC)OC(=O)CCCCCCCCCCCCCCCCCCCCC(C)C. The van der Waals surface area contributed by atoms with Gasteiger partial charge in [0.15, 0.2) is 12.2 Å². The Balaban J connectivity index is 5.22. The molecule has 0 rings (SSSR count). The summed E-state index contributed by atoms with van der Waals surface area (Å²) < 4.78 is 68.9. The van der Waals surface area contributed by atoms with Crippen LogP contribution in [0, 0.1) is 5.92 Å². The van der Waals surface area contributed by atoms with Crippen molar-refractivity contribution in [1.29, 1.82) is 0 Å². The quantitative estimate of drug-likeness (QED) is 0.0222. The number of phosphoric acid groups is 2. The number of hydrogen-bond donors (Lipinski definition) is 3. The number of carbonyl (C=O) groups excluding carboxylic acids is 4. The van der Waals surface area contributed by atoms with Gasteiger partial charge in [0.05, 0.1) is 26.4 Å². The first-order chi connectivity index (χ1) is 51.5. The molecule has 0 saturated carbocycles. The number of aliphatic hydroxyl groups is 1. The van der Waals surface area contributed by atoms with Crippen LogP contribution in [-0.4, -0.2) is 96.7 Å². The molecule has 5 atom stereocenters. The second kappa shape index (κ2) is 79.7. The highest BCUT2D eigenvalue weighted by Crippen LogP contribution is 2.45. The van der Waals surface area contributed by atoms with E-state index in [-0.39, 0.29) is 25.7 Å². The van der Waals surface area contributed by atoms with Crippen molar-refractivity contribution in [3.63, 3.8) is 0 Å². The fourth-order valence-electron chi connectivity index (χ4n) is 13.6. The molecule has 0 aliphatic heterocycles. The van der Waals surface area contributed by atoms with Gasteiger partial charge in [-0.05, 0) is 31.6 Å². The van der Waals surface area contributed by atoms with Gasteiger partial charge in [0.1, 0.15) is 19.3 Å². The van der Waals surface area contributed by atoms with Gasteiger partial charge in [-0.25, -0.2) is 9.13 Å². The van der Waals surface area contributed by atoms with Crippen LogP contribution in [-0.2, 0) is 65.4 Å². The predicted molar refractivity (Wildman–Crippen MR) is 437 cm³/mol. The Hall–Kier alpha value is -1.94. The maximum Gasteiger partial charge on any atom is 0.472 e. The molecule has 17 nitrogen and oxygen atoms in total. The fraction of sp³-hybridized carbons (Fsp3) is 0.954. The third-order valence-corrected chi connectivity index (χ3v) is 22.4. The zero-order valence-electron chi connectivity index (χ0n) is 69.6. The van der Waals surface area contributed by atoms with Gasteiger partial charge in [-0.1, -0.05) is 420 Å². The van der Waals surface area contributed by atoms with E-state index in [0.717, 1.165) is 95.8 Å². The topological polar surface area (TPSA) is 237 Å². The zero-order valence-corrected chi connectivity index (χ0v) is 71.4. The van der Waals surface area contributed by atoms with E-state index in [2.05, 4.69) is 34.6 Å². The fourth-order valence-corrected chi connectivity index (χ4v) is 15.2. The number of unbranched alkanes of at least 4 members (excludes halogenated alkanes) is 59. The number of esters is 4. The predicted octanol–water partition coefficient (Wildman–Crippen LogP) is 26.8. The summed E-state index contributed by atoms with van der Waals surface area (Å²) >= 11 is 0. The third kappa shape index (κ3) is 80.1. The van der Waals surface area contributed by atoms with E-state index in [9.17, 15) is 43.2 Å². The van der Waals surface area contributed by atoms with Crippen LogP contribution in [0.5, 0.6) is 0 Å². The smallest absolute Gasteiger partial charge is 0.462 e. The van der Waals surface area contributed by atoms with E-state index < -0.39 is 97.5 Å². The van der Waals surface area contributed by atoms with Crippen molar-refractivity contribution in [2.24, 2.45) is 5.92 Å². The highest BCUT2D eigenvalue weighted by molar-refractivity contribution is 7.47. The summed E-state index contributed by atoms with van der Waals surface area (Å²) in [6.07, 6.45) is 73.6. The average Bonchev–Trinajstić information content (AvgIpc) is 0.904. The van der Waals surface area contributed by atoms with Crippen LogP contribution >= 0.6 is 15.6 Å². The van der Waals surface area contributed by atoms with Crippen molar-refractivity contribution in [1.82, 2.24) is 0 Å². The number of carbonyl (C=O) groups is 4. The summed E-state index contributed by atoms with van der Waals surface area (Å²) in [4.78, 5) is 73.2. The first-order valence-electron chi connectivity index (χ1n) is 45.1. The Morgan fingerprint density at radius 3 is 0.642 bits per heavy atom. The lowest BCUT2D eigenvalue weighted by Crippen LogP contribution is -2.30. The van der Waals surface area contributed by atoms with Gasteiger partial charge in [-0.3, -0.25) is 37.3 Å². The van der Waals surface area contributed by atoms with Gasteiger partial charge in [0, 0.05) is 25.7 Å². The highest BCUT2D eigenvalue weighted by Gasteiger charge is 2.30. The van der Waals surface area contributed by atoms with Crippen molar-refractivity contribution in [3.05, 3.63) is 0 Å². The van der Waals surface area contributed by atoms with Crippen molar-refractivity contribution < 1.29 is 80.2 Å². The van der Waals surface area contributed by atoms with Crippen molar-refractivity contribution >= 4 is 39.5 Å². The molecule has 2 unspecified atom stereocenters. The van der Waals surface area contributed by atoms with Crippen molar-refractivity contribution in [2.45, 2.75) is 490 Å². The third-order valence-electron chi connectivity index (χ3n) is 20.5. The molecule has 106 heavy (non-hydrogen) atoms. The zero-order chi connectivity index (χ0) is 77.6. The Morgan fingerprint density at radius 2 is 0.434 bits per heavy atom. The molecular weight excluding hydrogens is 1380 g/mol. The normalized spacial score (nSPS) is 13.7. The second-order valence-electron chi connectivity index (χ2n) is 31.8. The maximum atomic E-state index is 13.2. The average molecular weight is 1550 g/mol. The Kier molecular flexibility index (Phi) is 78.2. The van der Waals surface area contributed by atoms with Crippen molar-refractivity contribution in [3.8, 4) is 0 Å². The molecule has 0 aliphatic carbocycles.